The van der Waals surface area contributed by atoms with Gasteiger partial charge in [-0.2, -0.15) is 0 Å². The molecule has 0 aliphatic carbocycles. The van der Waals surface area contributed by atoms with Crippen LogP contribution in [0.4, 0.5) is 0 Å². The number of nitrogens with zero attached hydrogens (tertiary/aromatic N) is 3. The van der Waals surface area contributed by atoms with Crippen LogP contribution >= 0.6 is 0 Å². The molecule has 1 atom stereocenters. The Morgan fingerprint density at radius 2 is 2.16 bits per heavy atom. The highest BCUT2D eigenvalue weighted by molar-refractivity contribution is 5.09. The minimum absolute atomic E-state index is 0.538. The van der Waals surface area contributed by atoms with Crippen LogP contribution < -0.4 is 5.32 Å². The Kier molecular flexibility index (Phi) is 4.18. The van der Waals surface area contributed by atoms with E-state index in [4.69, 9.17) is 0 Å². The third-order valence-corrected chi connectivity index (χ3v) is 4.60. The fourth-order valence-corrected chi connectivity index (χ4v) is 3.56. The van der Waals surface area contributed by atoms with Crippen molar-refractivity contribution in [1.82, 2.24) is 19.8 Å². The smallest absolute Gasteiger partial charge is 0.0951 e. The second-order valence-electron chi connectivity index (χ2n) is 5.95. The molecule has 0 aromatic carbocycles. The average molecular weight is 262 g/mol. The van der Waals surface area contributed by atoms with E-state index in [9.17, 15) is 0 Å². The summed E-state index contributed by atoms with van der Waals surface area (Å²) in [5.41, 5.74) is 1.41. The van der Waals surface area contributed by atoms with E-state index in [-0.39, 0.29) is 0 Å². The summed E-state index contributed by atoms with van der Waals surface area (Å²) in [6.07, 6.45) is 10.5. The molecule has 0 spiro atoms. The van der Waals surface area contributed by atoms with E-state index in [0.29, 0.717) is 12.1 Å². The van der Waals surface area contributed by atoms with Crippen LogP contribution in [-0.4, -0.2) is 40.6 Å². The van der Waals surface area contributed by atoms with Crippen molar-refractivity contribution in [2.45, 2.75) is 51.1 Å². The highest BCUT2D eigenvalue weighted by Gasteiger charge is 2.25. The largest absolute Gasteiger partial charge is 0.330 e. The van der Waals surface area contributed by atoms with Crippen molar-refractivity contribution >= 4 is 0 Å². The fourth-order valence-electron chi connectivity index (χ4n) is 3.56. The molecule has 2 saturated heterocycles. The van der Waals surface area contributed by atoms with Crippen molar-refractivity contribution < 1.29 is 0 Å². The maximum absolute atomic E-state index is 4.41. The standard InChI is InChI=1S/C15H26N4/c1-2-8-18-9-5-13(6-10-18)19-12-16-11-15(19)14-4-3-7-17-14/h11-14,17H,2-10H2,1H3/t14-/m0/s1. The van der Waals surface area contributed by atoms with Gasteiger partial charge in [0.05, 0.1) is 12.0 Å². The average Bonchev–Trinajstić information content (AvgIpc) is 3.11. The molecule has 1 N–H and O–H groups in total. The van der Waals surface area contributed by atoms with Gasteiger partial charge >= 0.3 is 0 Å². The number of nitrogens with one attached hydrogen (secondary N) is 1. The van der Waals surface area contributed by atoms with Gasteiger partial charge in [-0.05, 0) is 45.2 Å². The second kappa shape index (κ2) is 6.06. The van der Waals surface area contributed by atoms with E-state index >= 15 is 0 Å². The number of piperidine rings is 1. The highest BCUT2D eigenvalue weighted by Crippen LogP contribution is 2.29. The first-order chi connectivity index (χ1) is 9.38. The first-order valence-electron chi connectivity index (χ1n) is 7.86. The maximum atomic E-state index is 4.41. The van der Waals surface area contributed by atoms with Gasteiger partial charge in [0.15, 0.2) is 0 Å². The van der Waals surface area contributed by atoms with Crippen LogP contribution in [0.3, 0.4) is 0 Å². The van der Waals surface area contributed by atoms with Gasteiger partial charge in [0.25, 0.3) is 0 Å². The predicted octanol–water partition coefficient (Wildman–Crippen LogP) is 2.35. The van der Waals surface area contributed by atoms with Crippen LogP contribution in [0.2, 0.25) is 0 Å². The number of aromatic nitrogens is 2. The lowest BCUT2D eigenvalue weighted by Crippen LogP contribution is -2.35. The molecule has 19 heavy (non-hydrogen) atoms. The zero-order valence-corrected chi connectivity index (χ0v) is 12.0. The van der Waals surface area contributed by atoms with Crippen LogP contribution in [-0.2, 0) is 0 Å². The highest BCUT2D eigenvalue weighted by atomic mass is 15.2. The zero-order valence-electron chi connectivity index (χ0n) is 12.0. The molecule has 106 valence electrons. The summed E-state index contributed by atoms with van der Waals surface area (Å²) in [5.74, 6) is 0. The maximum Gasteiger partial charge on any atom is 0.0951 e. The molecule has 1 aromatic rings. The summed E-state index contributed by atoms with van der Waals surface area (Å²) < 4.78 is 2.45. The Morgan fingerprint density at radius 3 is 2.84 bits per heavy atom. The molecule has 4 heteroatoms. The monoisotopic (exact) mass is 262 g/mol. The van der Waals surface area contributed by atoms with Gasteiger partial charge in [0.1, 0.15) is 0 Å². The summed E-state index contributed by atoms with van der Waals surface area (Å²) in [6, 6.07) is 1.20. The molecule has 3 heterocycles. The first-order valence-corrected chi connectivity index (χ1v) is 7.86. The fraction of sp³-hybridized carbons (Fsp3) is 0.800. The Balaban J connectivity index is 1.65. The molecular weight excluding hydrogens is 236 g/mol. The van der Waals surface area contributed by atoms with Gasteiger partial charge in [0, 0.05) is 31.4 Å². The van der Waals surface area contributed by atoms with E-state index in [1.807, 2.05) is 0 Å². The molecule has 0 radical (unpaired) electrons. The molecule has 0 bridgehead atoms. The molecule has 4 nitrogen and oxygen atoms in total. The number of rotatable bonds is 4. The third-order valence-electron chi connectivity index (χ3n) is 4.60. The predicted molar refractivity (Wildman–Crippen MR) is 77.2 cm³/mol. The Bertz CT molecular complexity index is 387. The van der Waals surface area contributed by atoms with Crippen molar-refractivity contribution in [3.8, 4) is 0 Å². The molecule has 1 aromatic heterocycles. The number of likely N-dealkylation sites (tertiary alicyclic amines) is 1. The molecule has 2 aliphatic rings. The first kappa shape index (κ1) is 13.1. The lowest BCUT2D eigenvalue weighted by atomic mass is 10.0. The van der Waals surface area contributed by atoms with Gasteiger partial charge in [-0.25, -0.2) is 4.98 Å². The molecule has 2 fully saturated rings. The third kappa shape index (κ3) is 2.84. The van der Waals surface area contributed by atoms with E-state index < -0.39 is 0 Å². The van der Waals surface area contributed by atoms with E-state index in [1.54, 1.807) is 0 Å². The van der Waals surface area contributed by atoms with E-state index in [1.165, 1.54) is 57.4 Å². The van der Waals surface area contributed by atoms with Gasteiger partial charge in [0.2, 0.25) is 0 Å². The second-order valence-corrected chi connectivity index (χ2v) is 5.95. The summed E-state index contributed by atoms with van der Waals surface area (Å²) in [7, 11) is 0. The Hall–Kier alpha value is -0.870. The van der Waals surface area contributed by atoms with Crippen molar-refractivity contribution in [1.29, 1.82) is 0 Å². The molecule has 2 aliphatic heterocycles. The minimum atomic E-state index is 0.538. The summed E-state index contributed by atoms with van der Waals surface area (Å²) >= 11 is 0. The van der Waals surface area contributed by atoms with E-state index in [0.717, 1.165) is 6.54 Å². The van der Waals surface area contributed by atoms with Crippen LogP contribution in [0.15, 0.2) is 12.5 Å². The molecular formula is C15H26N4. The number of hydrogen-bond acceptors (Lipinski definition) is 3. The number of imidazole rings is 1. The lowest BCUT2D eigenvalue weighted by molar-refractivity contribution is 0.184. The van der Waals surface area contributed by atoms with Crippen LogP contribution in [0, 0.1) is 0 Å². The molecule has 0 unspecified atom stereocenters. The Labute approximate surface area is 116 Å². The van der Waals surface area contributed by atoms with Crippen molar-refractivity contribution in [3.05, 3.63) is 18.2 Å². The topological polar surface area (TPSA) is 33.1 Å². The SMILES string of the molecule is CCCN1CCC(n2cncc2[C@@H]2CCCN2)CC1. The van der Waals surface area contributed by atoms with Crippen LogP contribution in [0.1, 0.15) is 56.8 Å². The summed E-state index contributed by atoms with van der Waals surface area (Å²) in [4.78, 5) is 7.00. The Morgan fingerprint density at radius 1 is 1.32 bits per heavy atom. The van der Waals surface area contributed by atoms with Gasteiger partial charge < -0.3 is 14.8 Å². The summed E-state index contributed by atoms with van der Waals surface area (Å²) in [6.45, 7) is 7.17. The van der Waals surface area contributed by atoms with Gasteiger partial charge in [-0.1, -0.05) is 6.92 Å². The lowest BCUT2D eigenvalue weighted by Gasteiger charge is -2.33. The molecule has 0 amide bonds. The zero-order chi connectivity index (χ0) is 13.1. The molecule has 3 rings (SSSR count). The van der Waals surface area contributed by atoms with Crippen molar-refractivity contribution in [2.24, 2.45) is 0 Å². The van der Waals surface area contributed by atoms with Crippen molar-refractivity contribution in [2.75, 3.05) is 26.2 Å². The van der Waals surface area contributed by atoms with Gasteiger partial charge in [-0.15, -0.1) is 0 Å². The van der Waals surface area contributed by atoms with Crippen LogP contribution in [0.5, 0.6) is 0 Å². The van der Waals surface area contributed by atoms with Crippen LogP contribution in [0.25, 0.3) is 0 Å². The summed E-state index contributed by atoms with van der Waals surface area (Å²) in [5, 5.41) is 3.60. The normalized spacial score (nSPS) is 26.1. The molecule has 0 saturated carbocycles. The van der Waals surface area contributed by atoms with E-state index in [2.05, 4.69) is 39.2 Å². The van der Waals surface area contributed by atoms with Crippen molar-refractivity contribution in [3.63, 3.8) is 0 Å². The number of hydrogen-bond donors (Lipinski definition) is 1. The minimum Gasteiger partial charge on any atom is -0.330 e. The quantitative estimate of drug-likeness (QED) is 0.904. The van der Waals surface area contributed by atoms with Gasteiger partial charge in [-0.3, -0.25) is 0 Å².